The molecule has 0 rings (SSSR count). The van der Waals surface area contributed by atoms with Gasteiger partial charge in [0.2, 0.25) is 4.75 Å². The van der Waals surface area contributed by atoms with Crippen molar-refractivity contribution >= 4 is 22.1 Å². The van der Waals surface area contributed by atoms with Crippen LogP contribution in [0.25, 0.3) is 0 Å². The molecule has 0 aliphatic heterocycles. The van der Waals surface area contributed by atoms with Crippen LogP contribution in [0.2, 0.25) is 0 Å². The Kier molecular flexibility index (Phi) is 16.7. The minimum absolute atomic E-state index is 0. The number of rotatable bonds is 16. The first-order valence-electron chi connectivity index (χ1n) is 11.3. The van der Waals surface area contributed by atoms with Crippen LogP contribution in [0, 0.1) is 29.6 Å². The number of hydrogen-bond acceptors (Lipinski definition) is 4. The molecular formula is C22H43KO7S. The Labute approximate surface area is 232 Å². The van der Waals surface area contributed by atoms with E-state index in [0.717, 1.165) is 25.7 Å². The largest absolute Gasteiger partial charge is 1.00 e. The summed E-state index contributed by atoms with van der Waals surface area (Å²) in [7, 11) is -5.21. The Hall–Kier alpha value is 0.486. The molecule has 7 nitrogen and oxygen atoms in total. The number of carboxylic acid groups (broad SMARTS) is 2. The molecule has 9 heteroatoms. The second-order valence-electron chi connectivity index (χ2n) is 8.79. The van der Waals surface area contributed by atoms with Gasteiger partial charge < -0.3 is 11.6 Å². The molecule has 0 fully saturated rings. The van der Waals surface area contributed by atoms with E-state index >= 15 is 0 Å². The second-order valence-corrected chi connectivity index (χ2v) is 10.4. The smallest absolute Gasteiger partial charge is 1.00 e. The molecule has 0 amide bonds. The molecular weight excluding hydrogens is 447 g/mol. The maximum absolute atomic E-state index is 12.5. The summed E-state index contributed by atoms with van der Waals surface area (Å²) in [5.74, 6) is -6.16. The van der Waals surface area contributed by atoms with Crippen molar-refractivity contribution in [1.82, 2.24) is 0 Å². The molecule has 0 heterocycles. The van der Waals surface area contributed by atoms with E-state index in [2.05, 4.69) is 0 Å². The van der Waals surface area contributed by atoms with E-state index in [0.29, 0.717) is 25.2 Å². The molecule has 0 aliphatic rings. The maximum Gasteiger partial charge on any atom is 1.00 e. The van der Waals surface area contributed by atoms with Crippen molar-refractivity contribution in [3.05, 3.63) is 0 Å². The first-order chi connectivity index (χ1) is 13.8. The fraction of sp³-hybridized carbons (Fsp3) is 0.909. The maximum atomic E-state index is 12.5. The minimum atomic E-state index is -5.21. The van der Waals surface area contributed by atoms with Crippen LogP contribution in [-0.2, 0) is 19.7 Å². The summed E-state index contributed by atoms with van der Waals surface area (Å²) in [6, 6.07) is 0. The van der Waals surface area contributed by atoms with Crippen LogP contribution in [0.5, 0.6) is 0 Å². The normalized spacial score (nSPS) is 16.9. The van der Waals surface area contributed by atoms with Crippen molar-refractivity contribution in [3.8, 4) is 0 Å². The third-order valence-corrected chi connectivity index (χ3v) is 8.82. The summed E-state index contributed by atoms with van der Waals surface area (Å²) in [5, 5.41) is 20.0. The SMILES string of the molecule is CCC(CC)CCC(C)C(C(=O)O)C(C(=O)O)(C(C)CCC(CC)CC)S(=O)(=O)O.[H-].[K+]. The van der Waals surface area contributed by atoms with Crippen molar-refractivity contribution in [2.24, 2.45) is 29.6 Å². The predicted octanol–water partition coefficient (Wildman–Crippen LogP) is 2.22. The Bertz CT molecular complexity index is 651. The summed E-state index contributed by atoms with van der Waals surface area (Å²) in [4.78, 5) is 24.6. The van der Waals surface area contributed by atoms with E-state index in [9.17, 15) is 32.8 Å². The van der Waals surface area contributed by atoms with E-state index in [1.54, 1.807) is 6.92 Å². The number of hydrogen-bond donors (Lipinski definition) is 3. The van der Waals surface area contributed by atoms with Crippen LogP contribution < -0.4 is 51.4 Å². The van der Waals surface area contributed by atoms with Gasteiger partial charge in [-0.3, -0.25) is 14.1 Å². The average Bonchev–Trinajstić information content (AvgIpc) is 2.65. The molecule has 0 aromatic rings. The Morgan fingerprint density at radius 2 is 1.23 bits per heavy atom. The van der Waals surface area contributed by atoms with Gasteiger partial charge in [-0.2, -0.15) is 8.42 Å². The zero-order valence-electron chi connectivity index (χ0n) is 21.4. The number of carbonyl (C=O) groups is 2. The third kappa shape index (κ3) is 8.65. The topological polar surface area (TPSA) is 129 Å². The Balaban J connectivity index is -0.00000420. The number of carboxylic acids is 2. The van der Waals surface area contributed by atoms with E-state index in [4.69, 9.17) is 0 Å². The van der Waals surface area contributed by atoms with Gasteiger partial charge in [-0.1, -0.05) is 80.1 Å². The van der Waals surface area contributed by atoms with Gasteiger partial charge in [-0.15, -0.1) is 0 Å². The number of aliphatic carboxylic acids is 2. The zero-order valence-corrected chi connectivity index (χ0v) is 24.4. The van der Waals surface area contributed by atoms with Crippen molar-refractivity contribution in [3.63, 3.8) is 0 Å². The summed E-state index contributed by atoms with van der Waals surface area (Å²) in [5.41, 5.74) is 0. The van der Waals surface area contributed by atoms with Gasteiger partial charge in [-0.25, -0.2) is 0 Å². The standard InChI is InChI=1S/C22H42O7S.K.H/c1-7-17(8-2)13-11-15(5)19(20(23)24)22(21(25)26,30(27,28)29)16(6)12-14-18(9-3)10-4;;/h15-19H,7-14H2,1-6H3,(H,23,24)(H,25,26)(H,27,28,29);;/q;+1;-1. The molecule has 4 unspecified atom stereocenters. The Morgan fingerprint density at radius 1 is 0.839 bits per heavy atom. The molecule has 0 bridgehead atoms. The third-order valence-electron chi connectivity index (χ3n) is 7.14. The summed E-state index contributed by atoms with van der Waals surface area (Å²) in [6.45, 7) is 11.1. The minimum Gasteiger partial charge on any atom is -1.00 e. The molecule has 0 aliphatic carbocycles. The van der Waals surface area contributed by atoms with Crippen molar-refractivity contribution in [1.29, 1.82) is 0 Å². The van der Waals surface area contributed by atoms with E-state index < -0.39 is 44.6 Å². The van der Waals surface area contributed by atoms with Crippen molar-refractivity contribution < 1.29 is 85.6 Å². The fourth-order valence-electron chi connectivity index (χ4n) is 4.78. The van der Waals surface area contributed by atoms with Crippen LogP contribution in [0.1, 0.15) is 94.3 Å². The summed E-state index contributed by atoms with van der Waals surface area (Å²) in [6.07, 6.45) is 5.40. The van der Waals surface area contributed by atoms with E-state index in [-0.39, 0.29) is 65.1 Å². The van der Waals surface area contributed by atoms with Crippen molar-refractivity contribution in [2.75, 3.05) is 0 Å². The van der Waals surface area contributed by atoms with Gasteiger partial charge in [0.1, 0.15) is 0 Å². The first kappa shape index (κ1) is 33.7. The average molecular weight is 491 g/mol. The van der Waals surface area contributed by atoms with Gasteiger partial charge in [0.25, 0.3) is 10.1 Å². The molecule has 0 aromatic carbocycles. The van der Waals surface area contributed by atoms with E-state index in [1.807, 2.05) is 27.7 Å². The van der Waals surface area contributed by atoms with Gasteiger partial charge in [0, 0.05) is 0 Å². The van der Waals surface area contributed by atoms with E-state index in [1.165, 1.54) is 6.92 Å². The van der Waals surface area contributed by atoms with Gasteiger partial charge in [-0.05, 0) is 36.5 Å². The van der Waals surface area contributed by atoms with Crippen LogP contribution in [0.4, 0.5) is 0 Å². The van der Waals surface area contributed by atoms with Crippen molar-refractivity contribution in [2.45, 2.75) is 97.7 Å². The van der Waals surface area contributed by atoms with Crippen LogP contribution in [0.3, 0.4) is 0 Å². The molecule has 0 saturated carbocycles. The van der Waals surface area contributed by atoms with Gasteiger partial charge in [0.05, 0.1) is 5.92 Å². The van der Waals surface area contributed by atoms with Gasteiger partial charge >= 0.3 is 63.3 Å². The molecule has 0 radical (unpaired) electrons. The summed E-state index contributed by atoms with van der Waals surface area (Å²) >= 11 is 0. The molecule has 0 spiro atoms. The monoisotopic (exact) mass is 490 g/mol. The van der Waals surface area contributed by atoms with Crippen LogP contribution in [0.15, 0.2) is 0 Å². The molecule has 0 aromatic heterocycles. The molecule has 3 N–H and O–H groups in total. The second kappa shape index (κ2) is 15.4. The van der Waals surface area contributed by atoms with Gasteiger partial charge in [0.15, 0.2) is 0 Å². The van der Waals surface area contributed by atoms with Crippen LogP contribution in [-0.4, -0.2) is 39.9 Å². The predicted molar refractivity (Wildman–Crippen MR) is 119 cm³/mol. The molecule has 0 saturated heterocycles. The first-order valence-corrected chi connectivity index (χ1v) is 12.7. The molecule has 31 heavy (non-hydrogen) atoms. The fourth-order valence-corrected chi connectivity index (χ4v) is 6.29. The Morgan fingerprint density at radius 3 is 1.52 bits per heavy atom. The molecule has 180 valence electrons. The molecule has 4 atom stereocenters. The zero-order chi connectivity index (χ0) is 23.7. The summed E-state index contributed by atoms with van der Waals surface area (Å²) < 4.78 is 32.4. The quantitative estimate of drug-likeness (QED) is 0.223. The van der Waals surface area contributed by atoms with Crippen LogP contribution >= 0.6 is 0 Å².